The van der Waals surface area contributed by atoms with Gasteiger partial charge in [0.2, 0.25) is 0 Å². The van der Waals surface area contributed by atoms with E-state index in [9.17, 15) is 14.0 Å². The highest BCUT2D eigenvalue weighted by molar-refractivity contribution is 5.95. The lowest BCUT2D eigenvalue weighted by Gasteiger charge is -2.34. The molecule has 5 heteroatoms. The van der Waals surface area contributed by atoms with Gasteiger partial charge in [-0.1, -0.05) is 6.92 Å². The minimum absolute atomic E-state index is 0.145. The lowest BCUT2D eigenvalue weighted by atomic mass is 9.90. The smallest absolute Gasteiger partial charge is 0.308 e. The molecule has 1 aromatic carbocycles. The van der Waals surface area contributed by atoms with Crippen LogP contribution in [0.3, 0.4) is 0 Å². The summed E-state index contributed by atoms with van der Waals surface area (Å²) < 4.78 is 13.6. The summed E-state index contributed by atoms with van der Waals surface area (Å²) in [7, 11) is 0. The second-order valence-corrected chi connectivity index (χ2v) is 6.01. The highest BCUT2D eigenvalue weighted by Crippen LogP contribution is 2.24. The van der Waals surface area contributed by atoms with Crippen LogP contribution in [-0.4, -0.2) is 35.0 Å². The molecule has 21 heavy (non-hydrogen) atoms. The summed E-state index contributed by atoms with van der Waals surface area (Å²) >= 11 is 0. The number of carbonyl (C=O) groups excluding carboxylic acids is 1. The van der Waals surface area contributed by atoms with E-state index in [-0.39, 0.29) is 24.2 Å². The van der Waals surface area contributed by atoms with E-state index < -0.39 is 11.9 Å². The Bertz CT molecular complexity index is 562. The van der Waals surface area contributed by atoms with Crippen LogP contribution >= 0.6 is 0 Å². The molecule has 1 heterocycles. The largest absolute Gasteiger partial charge is 0.481 e. The zero-order valence-corrected chi connectivity index (χ0v) is 12.5. The van der Waals surface area contributed by atoms with E-state index in [4.69, 9.17) is 5.11 Å². The number of carbonyl (C=O) groups is 2. The minimum Gasteiger partial charge on any atom is -0.481 e. The molecule has 1 amide bonds. The van der Waals surface area contributed by atoms with E-state index in [1.807, 2.05) is 6.92 Å². The molecule has 0 spiro atoms. The number of piperidine rings is 1. The van der Waals surface area contributed by atoms with Gasteiger partial charge in [-0.25, -0.2) is 4.39 Å². The third-order valence-electron chi connectivity index (χ3n) is 3.98. The first-order chi connectivity index (χ1) is 9.79. The number of amides is 1. The second kappa shape index (κ2) is 5.84. The Morgan fingerprint density at radius 1 is 1.24 bits per heavy atom. The molecule has 0 aliphatic carbocycles. The van der Waals surface area contributed by atoms with Gasteiger partial charge in [0.1, 0.15) is 5.82 Å². The van der Waals surface area contributed by atoms with Crippen LogP contribution in [0.1, 0.15) is 34.8 Å². The maximum absolute atomic E-state index is 13.6. The molecule has 0 bridgehead atoms. The Balaban J connectivity index is 2.25. The van der Waals surface area contributed by atoms with Crippen molar-refractivity contribution in [2.45, 2.75) is 27.2 Å². The Labute approximate surface area is 123 Å². The van der Waals surface area contributed by atoms with Crippen LogP contribution in [0.4, 0.5) is 4.39 Å². The minimum atomic E-state index is -0.870. The summed E-state index contributed by atoms with van der Waals surface area (Å²) in [6, 6.07) is 3.05. The number of aliphatic carboxylic acids is 1. The Morgan fingerprint density at radius 2 is 1.81 bits per heavy atom. The molecular weight excluding hydrogens is 273 g/mol. The first-order valence-corrected chi connectivity index (χ1v) is 7.08. The fourth-order valence-electron chi connectivity index (χ4n) is 2.95. The molecule has 1 fully saturated rings. The van der Waals surface area contributed by atoms with E-state index in [1.54, 1.807) is 18.7 Å². The highest BCUT2D eigenvalue weighted by atomic mass is 19.1. The van der Waals surface area contributed by atoms with Crippen molar-refractivity contribution < 1.29 is 19.1 Å². The van der Waals surface area contributed by atoms with Crippen LogP contribution in [-0.2, 0) is 4.79 Å². The van der Waals surface area contributed by atoms with Crippen LogP contribution in [0.15, 0.2) is 12.1 Å². The van der Waals surface area contributed by atoms with Crippen LogP contribution in [0, 0.1) is 31.5 Å². The lowest BCUT2D eigenvalue weighted by molar-refractivity contribution is -0.143. The molecule has 4 nitrogen and oxygen atoms in total. The number of nitrogens with zero attached hydrogens (tertiary/aromatic N) is 1. The number of hydrogen-bond acceptors (Lipinski definition) is 2. The van der Waals surface area contributed by atoms with Crippen molar-refractivity contribution in [2.24, 2.45) is 11.8 Å². The molecule has 2 rings (SSSR count). The van der Waals surface area contributed by atoms with Crippen molar-refractivity contribution in [2.75, 3.05) is 13.1 Å². The van der Waals surface area contributed by atoms with Gasteiger partial charge >= 0.3 is 5.97 Å². The van der Waals surface area contributed by atoms with Crippen molar-refractivity contribution in [3.8, 4) is 0 Å². The average molecular weight is 293 g/mol. The molecule has 114 valence electrons. The Hall–Kier alpha value is -1.91. The number of benzene rings is 1. The van der Waals surface area contributed by atoms with Gasteiger partial charge in [-0.05, 0) is 49.4 Å². The van der Waals surface area contributed by atoms with Crippen LogP contribution in [0.5, 0.6) is 0 Å². The number of halogens is 1. The Morgan fingerprint density at radius 3 is 2.33 bits per heavy atom. The number of carboxylic acid groups (broad SMARTS) is 1. The molecule has 2 unspecified atom stereocenters. The van der Waals surface area contributed by atoms with Crippen LogP contribution < -0.4 is 0 Å². The fraction of sp³-hybridized carbons (Fsp3) is 0.500. The summed E-state index contributed by atoms with van der Waals surface area (Å²) in [4.78, 5) is 25.3. The topological polar surface area (TPSA) is 57.6 Å². The predicted molar refractivity (Wildman–Crippen MR) is 76.7 cm³/mol. The van der Waals surface area contributed by atoms with Gasteiger partial charge in [0, 0.05) is 18.7 Å². The van der Waals surface area contributed by atoms with Crippen molar-refractivity contribution in [3.05, 3.63) is 34.6 Å². The van der Waals surface area contributed by atoms with Crippen LogP contribution in [0.25, 0.3) is 0 Å². The molecule has 1 aliphatic heterocycles. The summed E-state index contributed by atoms with van der Waals surface area (Å²) in [5, 5.41) is 9.16. The van der Waals surface area contributed by atoms with E-state index in [1.165, 1.54) is 12.1 Å². The van der Waals surface area contributed by atoms with Crippen molar-refractivity contribution in [1.82, 2.24) is 4.90 Å². The first-order valence-electron chi connectivity index (χ1n) is 7.08. The molecule has 2 atom stereocenters. The monoisotopic (exact) mass is 293 g/mol. The normalized spacial score (nSPS) is 22.2. The standard InChI is InChI=1S/C16H20FNO3/c1-9-4-13(16(20)21)8-18(7-9)15(19)12-5-10(2)14(17)11(3)6-12/h5-6,9,13H,4,7-8H2,1-3H3,(H,20,21). The third-order valence-corrected chi connectivity index (χ3v) is 3.98. The molecular formula is C16H20FNO3. The van der Waals surface area contributed by atoms with Gasteiger partial charge in [-0.15, -0.1) is 0 Å². The molecule has 1 saturated heterocycles. The molecule has 0 saturated carbocycles. The molecule has 1 N–H and O–H groups in total. The number of likely N-dealkylation sites (tertiary alicyclic amines) is 1. The average Bonchev–Trinajstić information content (AvgIpc) is 2.42. The fourth-order valence-corrected chi connectivity index (χ4v) is 2.95. The van der Waals surface area contributed by atoms with Gasteiger partial charge in [-0.2, -0.15) is 0 Å². The van der Waals surface area contributed by atoms with E-state index in [0.717, 1.165) is 0 Å². The molecule has 1 aliphatic rings. The second-order valence-electron chi connectivity index (χ2n) is 6.01. The van der Waals surface area contributed by atoms with Crippen molar-refractivity contribution in [3.63, 3.8) is 0 Å². The van der Waals surface area contributed by atoms with Gasteiger partial charge < -0.3 is 10.0 Å². The summed E-state index contributed by atoms with van der Waals surface area (Å²) in [6.07, 6.45) is 0.584. The highest BCUT2D eigenvalue weighted by Gasteiger charge is 2.32. The van der Waals surface area contributed by atoms with Gasteiger partial charge in [0.15, 0.2) is 0 Å². The van der Waals surface area contributed by atoms with Crippen molar-refractivity contribution in [1.29, 1.82) is 0 Å². The first kappa shape index (κ1) is 15.5. The van der Waals surface area contributed by atoms with Crippen LogP contribution in [0.2, 0.25) is 0 Å². The number of hydrogen-bond donors (Lipinski definition) is 1. The Kier molecular flexibility index (Phi) is 4.30. The van der Waals surface area contributed by atoms with E-state index in [2.05, 4.69) is 0 Å². The molecule has 0 aromatic heterocycles. The van der Waals surface area contributed by atoms with Gasteiger partial charge in [-0.3, -0.25) is 9.59 Å². The summed E-state index contributed by atoms with van der Waals surface area (Å²) in [5.41, 5.74) is 1.28. The molecule has 1 aromatic rings. The number of aryl methyl sites for hydroxylation is 2. The van der Waals surface area contributed by atoms with Gasteiger partial charge in [0.25, 0.3) is 5.91 Å². The predicted octanol–water partition coefficient (Wildman–Crippen LogP) is 2.63. The van der Waals surface area contributed by atoms with E-state index in [0.29, 0.717) is 29.7 Å². The number of carboxylic acids is 1. The third kappa shape index (κ3) is 3.23. The SMILES string of the molecule is Cc1cc(C(=O)N2CC(C)CC(C(=O)O)C2)cc(C)c1F. The number of rotatable bonds is 2. The maximum atomic E-state index is 13.6. The zero-order valence-electron chi connectivity index (χ0n) is 12.5. The summed E-state index contributed by atoms with van der Waals surface area (Å²) in [6.45, 7) is 5.94. The van der Waals surface area contributed by atoms with E-state index >= 15 is 0 Å². The quantitative estimate of drug-likeness (QED) is 0.912. The lowest BCUT2D eigenvalue weighted by Crippen LogP contribution is -2.45. The van der Waals surface area contributed by atoms with Gasteiger partial charge in [0.05, 0.1) is 5.92 Å². The maximum Gasteiger partial charge on any atom is 0.308 e. The molecule has 0 radical (unpaired) electrons. The summed E-state index contributed by atoms with van der Waals surface area (Å²) in [5.74, 6) is -1.78. The zero-order chi connectivity index (χ0) is 15.7. The van der Waals surface area contributed by atoms with Crippen molar-refractivity contribution >= 4 is 11.9 Å².